The quantitative estimate of drug-likeness (QED) is 0.658. The number of fused-ring (bicyclic) bond motifs is 3. The minimum absolute atomic E-state index is 0.0750. The maximum atomic E-state index is 12.8. The van der Waals surface area contributed by atoms with Crippen molar-refractivity contribution in [3.05, 3.63) is 40.3 Å². The number of nitrogens with zero attached hydrogens (tertiary/aromatic N) is 2. The fourth-order valence-corrected chi connectivity index (χ4v) is 3.89. The van der Waals surface area contributed by atoms with Gasteiger partial charge in [0.25, 0.3) is 5.56 Å². The number of nitrogens with one attached hydrogen (secondary N) is 1. The number of thiophene rings is 1. The molecule has 6 nitrogen and oxygen atoms in total. The molecule has 7 heteroatoms. The van der Waals surface area contributed by atoms with E-state index in [1.54, 1.807) is 11.3 Å². The van der Waals surface area contributed by atoms with E-state index in [1.165, 1.54) is 4.68 Å². The van der Waals surface area contributed by atoms with Crippen molar-refractivity contribution in [2.24, 2.45) is 0 Å². The number of hydrogen-bond acceptors (Lipinski definition) is 5. The van der Waals surface area contributed by atoms with E-state index < -0.39 is 0 Å². The Bertz CT molecular complexity index is 961. The highest BCUT2D eigenvalue weighted by Gasteiger charge is 2.15. The molecular formula is C18H21N3O3S. The van der Waals surface area contributed by atoms with Crippen LogP contribution in [-0.4, -0.2) is 35.4 Å². The van der Waals surface area contributed by atoms with Crippen molar-refractivity contribution in [3.8, 4) is 0 Å². The molecule has 0 saturated heterocycles. The highest BCUT2D eigenvalue weighted by molar-refractivity contribution is 7.26. The Morgan fingerprint density at radius 3 is 2.96 bits per heavy atom. The van der Waals surface area contributed by atoms with Gasteiger partial charge in [0, 0.05) is 29.8 Å². The third-order valence-corrected chi connectivity index (χ3v) is 5.21. The first-order valence-corrected chi connectivity index (χ1v) is 9.17. The molecule has 0 radical (unpaired) electrons. The molecule has 0 unspecified atom stereocenters. The molecular weight excluding hydrogens is 338 g/mol. The highest BCUT2D eigenvalue weighted by atomic mass is 32.1. The summed E-state index contributed by atoms with van der Waals surface area (Å²) >= 11 is 1.56. The number of aromatic nitrogens is 2. The van der Waals surface area contributed by atoms with Gasteiger partial charge >= 0.3 is 0 Å². The van der Waals surface area contributed by atoms with Gasteiger partial charge in [-0.25, -0.2) is 4.68 Å². The van der Waals surface area contributed by atoms with Crippen LogP contribution in [0.4, 0.5) is 0 Å². The van der Waals surface area contributed by atoms with Crippen LogP contribution in [0.1, 0.15) is 19.0 Å². The van der Waals surface area contributed by atoms with Gasteiger partial charge in [-0.15, -0.1) is 11.3 Å². The van der Waals surface area contributed by atoms with Crippen LogP contribution in [0, 0.1) is 6.92 Å². The molecule has 25 heavy (non-hydrogen) atoms. The summed E-state index contributed by atoms with van der Waals surface area (Å²) < 4.78 is 8.43. The number of benzene rings is 1. The normalized spacial score (nSPS) is 11.3. The van der Waals surface area contributed by atoms with Crippen LogP contribution >= 0.6 is 11.3 Å². The lowest BCUT2D eigenvalue weighted by Crippen LogP contribution is -2.34. The van der Waals surface area contributed by atoms with E-state index in [4.69, 9.17) is 4.74 Å². The van der Waals surface area contributed by atoms with Crippen LogP contribution in [0.5, 0.6) is 0 Å². The molecule has 1 N–H and O–H groups in total. The average Bonchev–Trinajstić information content (AvgIpc) is 2.99. The van der Waals surface area contributed by atoms with E-state index in [0.29, 0.717) is 25.1 Å². The van der Waals surface area contributed by atoms with Gasteiger partial charge in [-0.1, -0.05) is 18.2 Å². The van der Waals surface area contributed by atoms with Crippen LogP contribution in [0.25, 0.3) is 20.2 Å². The number of rotatable bonds is 7. The molecule has 132 valence electrons. The number of hydrogen-bond donors (Lipinski definition) is 1. The summed E-state index contributed by atoms with van der Waals surface area (Å²) in [6, 6.07) is 7.80. The maximum absolute atomic E-state index is 12.8. The Kier molecular flexibility index (Phi) is 5.45. The molecule has 0 aliphatic heterocycles. The zero-order chi connectivity index (χ0) is 17.8. The van der Waals surface area contributed by atoms with Gasteiger partial charge < -0.3 is 10.1 Å². The van der Waals surface area contributed by atoms with Gasteiger partial charge in [-0.2, -0.15) is 5.10 Å². The van der Waals surface area contributed by atoms with Crippen molar-refractivity contribution < 1.29 is 9.53 Å². The van der Waals surface area contributed by atoms with Crippen LogP contribution in [0.2, 0.25) is 0 Å². The number of carbonyl (C=O) groups is 1. The summed E-state index contributed by atoms with van der Waals surface area (Å²) in [5.41, 5.74) is 0.544. The van der Waals surface area contributed by atoms with E-state index >= 15 is 0 Å². The van der Waals surface area contributed by atoms with Gasteiger partial charge in [0.15, 0.2) is 0 Å². The van der Waals surface area contributed by atoms with Crippen molar-refractivity contribution in [2.45, 2.75) is 26.8 Å². The van der Waals surface area contributed by atoms with Crippen molar-refractivity contribution in [3.63, 3.8) is 0 Å². The zero-order valence-electron chi connectivity index (χ0n) is 14.4. The molecule has 2 aromatic heterocycles. The van der Waals surface area contributed by atoms with Crippen molar-refractivity contribution in [1.29, 1.82) is 0 Å². The average molecular weight is 359 g/mol. The van der Waals surface area contributed by atoms with E-state index in [0.717, 1.165) is 26.9 Å². The third kappa shape index (κ3) is 3.72. The van der Waals surface area contributed by atoms with E-state index in [9.17, 15) is 9.59 Å². The number of ether oxygens (including phenoxy) is 1. The Morgan fingerprint density at radius 2 is 2.16 bits per heavy atom. The molecule has 1 aromatic carbocycles. The molecule has 2 heterocycles. The van der Waals surface area contributed by atoms with Gasteiger partial charge in [0.1, 0.15) is 6.54 Å². The highest BCUT2D eigenvalue weighted by Crippen LogP contribution is 2.32. The summed E-state index contributed by atoms with van der Waals surface area (Å²) in [6.07, 6.45) is 0.745. The smallest absolute Gasteiger partial charge is 0.276 e. The van der Waals surface area contributed by atoms with Gasteiger partial charge in [-0.3, -0.25) is 9.59 Å². The monoisotopic (exact) mass is 359 g/mol. The lowest BCUT2D eigenvalue weighted by Gasteiger charge is -2.08. The second-order valence-electron chi connectivity index (χ2n) is 5.75. The molecule has 0 atom stereocenters. The standard InChI is InChI=1S/C18H21N3O3S/c1-3-24-10-6-9-19-15(22)11-21-18(23)16-13-7-4-5-8-14(13)25-17(16)12(2)20-21/h4-5,7-8H,3,6,9-11H2,1-2H3,(H,19,22). The fraction of sp³-hybridized carbons (Fsp3) is 0.389. The summed E-state index contributed by atoms with van der Waals surface area (Å²) in [5.74, 6) is -0.218. The largest absolute Gasteiger partial charge is 0.382 e. The summed E-state index contributed by atoms with van der Waals surface area (Å²) in [5, 5.41) is 8.69. The molecule has 1 amide bonds. The first-order valence-electron chi connectivity index (χ1n) is 8.35. The number of amides is 1. The van der Waals surface area contributed by atoms with Gasteiger partial charge in [0.2, 0.25) is 5.91 Å². The molecule has 0 saturated carbocycles. The van der Waals surface area contributed by atoms with Crippen LogP contribution in [-0.2, 0) is 16.1 Å². The van der Waals surface area contributed by atoms with Crippen LogP contribution in [0.3, 0.4) is 0 Å². The number of carbonyl (C=O) groups excluding carboxylic acids is 1. The van der Waals surface area contributed by atoms with Crippen molar-refractivity contribution >= 4 is 37.4 Å². The predicted octanol–water partition coefficient (Wildman–Crippen LogP) is 2.46. The molecule has 0 fully saturated rings. The lowest BCUT2D eigenvalue weighted by atomic mass is 10.2. The minimum atomic E-state index is -0.220. The zero-order valence-corrected chi connectivity index (χ0v) is 15.2. The topological polar surface area (TPSA) is 73.2 Å². The second kappa shape index (κ2) is 7.76. The molecule has 0 bridgehead atoms. The molecule has 3 rings (SSSR count). The number of aryl methyl sites for hydroxylation is 1. The molecule has 0 aliphatic carbocycles. The van der Waals surface area contributed by atoms with Gasteiger partial charge in [0.05, 0.1) is 15.8 Å². The Hall–Kier alpha value is -2.25. The SMILES string of the molecule is CCOCCCNC(=O)Cn1nc(C)c2sc3ccccc3c2c1=O. The van der Waals surface area contributed by atoms with E-state index in [1.807, 2.05) is 38.1 Å². The predicted molar refractivity (Wildman–Crippen MR) is 100 cm³/mol. The minimum Gasteiger partial charge on any atom is -0.382 e. The molecule has 0 spiro atoms. The van der Waals surface area contributed by atoms with Crippen molar-refractivity contribution in [2.75, 3.05) is 19.8 Å². The molecule has 0 aliphatic rings. The second-order valence-corrected chi connectivity index (χ2v) is 6.80. The summed E-state index contributed by atoms with van der Waals surface area (Å²) in [4.78, 5) is 24.9. The van der Waals surface area contributed by atoms with Crippen LogP contribution in [0.15, 0.2) is 29.1 Å². The summed E-state index contributed by atoms with van der Waals surface area (Å²) in [6.45, 7) is 5.53. The van der Waals surface area contributed by atoms with Gasteiger partial charge in [-0.05, 0) is 26.3 Å². The van der Waals surface area contributed by atoms with E-state index in [-0.39, 0.29) is 18.0 Å². The Balaban J connectivity index is 1.82. The Morgan fingerprint density at radius 1 is 1.36 bits per heavy atom. The maximum Gasteiger partial charge on any atom is 0.276 e. The first kappa shape index (κ1) is 17.6. The summed E-state index contributed by atoms with van der Waals surface area (Å²) in [7, 11) is 0. The first-order chi connectivity index (χ1) is 12.1. The fourth-order valence-electron chi connectivity index (χ4n) is 2.76. The molecule has 3 aromatic rings. The third-order valence-electron chi connectivity index (χ3n) is 3.93. The van der Waals surface area contributed by atoms with Crippen molar-refractivity contribution in [1.82, 2.24) is 15.1 Å². The lowest BCUT2D eigenvalue weighted by molar-refractivity contribution is -0.121. The van der Waals surface area contributed by atoms with Crippen LogP contribution < -0.4 is 10.9 Å². The van der Waals surface area contributed by atoms with E-state index in [2.05, 4.69) is 10.4 Å². The Labute approximate surface area is 149 Å².